The second-order valence-electron chi connectivity index (χ2n) is 6.61. The summed E-state index contributed by atoms with van der Waals surface area (Å²) in [4.78, 5) is 33.6. The number of aliphatic hydroxyl groups excluding tert-OH is 1. The SMILES string of the molecule is O=c1[nH]cnc2c1nc(Sc1ccc(Cl)cc1)n2[C@@H]1O[C@@H]2COP(=O)(O)O[C@H]2[C@H]1O. The molecule has 3 N–H and O–H groups in total. The molecule has 5 atom stereocenters. The van der Waals surface area contributed by atoms with Crippen LogP contribution in [0.3, 0.4) is 0 Å². The number of imidazole rings is 1. The molecule has 2 aliphatic rings. The molecule has 1 unspecified atom stereocenters. The Hall–Kier alpha value is -1.76. The molecular formula is C16H14ClN4O7PS. The zero-order valence-corrected chi connectivity index (χ0v) is 17.4. The molecule has 0 radical (unpaired) electrons. The smallest absolute Gasteiger partial charge is 0.386 e. The molecule has 0 amide bonds. The molecule has 0 spiro atoms. The molecule has 30 heavy (non-hydrogen) atoms. The predicted octanol–water partition coefficient (Wildman–Crippen LogP) is 1.70. The summed E-state index contributed by atoms with van der Waals surface area (Å²) in [7, 11) is -4.28. The van der Waals surface area contributed by atoms with E-state index in [2.05, 4.69) is 15.0 Å². The van der Waals surface area contributed by atoms with Gasteiger partial charge in [-0.05, 0) is 24.3 Å². The van der Waals surface area contributed by atoms with E-state index in [1.54, 1.807) is 24.3 Å². The van der Waals surface area contributed by atoms with Crippen LogP contribution >= 0.6 is 31.2 Å². The lowest BCUT2D eigenvalue weighted by molar-refractivity contribution is -0.0684. The van der Waals surface area contributed by atoms with Gasteiger partial charge in [0.25, 0.3) is 5.56 Å². The number of ether oxygens (including phenoxy) is 1. The summed E-state index contributed by atoms with van der Waals surface area (Å²) < 4.78 is 28.9. The summed E-state index contributed by atoms with van der Waals surface area (Å²) in [5.41, 5.74) is -0.211. The Balaban J connectivity index is 1.59. The average Bonchev–Trinajstić information content (AvgIpc) is 3.21. The highest BCUT2D eigenvalue weighted by atomic mass is 35.5. The Morgan fingerprint density at radius 2 is 2.10 bits per heavy atom. The van der Waals surface area contributed by atoms with E-state index in [9.17, 15) is 19.4 Å². The predicted molar refractivity (Wildman–Crippen MR) is 104 cm³/mol. The molecule has 0 saturated carbocycles. The van der Waals surface area contributed by atoms with Crippen LogP contribution in [0.4, 0.5) is 0 Å². The van der Waals surface area contributed by atoms with Crippen molar-refractivity contribution in [1.29, 1.82) is 0 Å². The monoisotopic (exact) mass is 472 g/mol. The molecule has 14 heteroatoms. The zero-order chi connectivity index (χ0) is 21.0. The van der Waals surface area contributed by atoms with Gasteiger partial charge in [0.1, 0.15) is 18.3 Å². The summed E-state index contributed by atoms with van der Waals surface area (Å²) in [6, 6.07) is 6.97. The molecule has 2 aliphatic heterocycles. The van der Waals surface area contributed by atoms with Crippen LogP contribution < -0.4 is 5.56 Å². The van der Waals surface area contributed by atoms with E-state index >= 15 is 0 Å². The van der Waals surface area contributed by atoms with Crippen molar-refractivity contribution in [2.24, 2.45) is 0 Å². The number of phosphoric ester groups is 1. The minimum atomic E-state index is -4.28. The number of phosphoric acid groups is 1. The van der Waals surface area contributed by atoms with Crippen molar-refractivity contribution in [1.82, 2.24) is 19.5 Å². The number of nitrogens with one attached hydrogen (secondary N) is 1. The summed E-state index contributed by atoms with van der Waals surface area (Å²) >= 11 is 7.15. The fourth-order valence-corrected chi connectivity index (χ4v) is 5.36. The Morgan fingerprint density at radius 3 is 2.87 bits per heavy atom. The van der Waals surface area contributed by atoms with Gasteiger partial charge in [-0.3, -0.25) is 18.4 Å². The summed E-state index contributed by atoms with van der Waals surface area (Å²) in [6.07, 6.45) is -3.06. The fraction of sp³-hybridized carbons (Fsp3) is 0.312. The third-order valence-electron chi connectivity index (χ3n) is 4.69. The number of benzene rings is 1. The van der Waals surface area contributed by atoms with Crippen molar-refractivity contribution in [3.05, 3.63) is 46.0 Å². The molecule has 4 heterocycles. The molecule has 1 aromatic carbocycles. The van der Waals surface area contributed by atoms with Gasteiger partial charge < -0.3 is 19.7 Å². The van der Waals surface area contributed by atoms with Crippen molar-refractivity contribution in [3.8, 4) is 0 Å². The Bertz CT molecular complexity index is 1220. The first-order chi connectivity index (χ1) is 14.3. The third kappa shape index (κ3) is 3.49. The minimum Gasteiger partial charge on any atom is -0.386 e. The Labute approximate surface area is 177 Å². The van der Waals surface area contributed by atoms with Crippen LogP contribution in [0.25, 0.3) is 11.2 Å². The standard InChI is InChI=1S/C16H14ClN4O7PS/c17-7-1-3-8(4-2-7)30-16-20-10-13(18-6-19-14(10)23)21(16)15-11(22)12-9(27-15)5-26-29(24,25)28-12/h1-4,6,9,11-12,15,22H,5H2,(H,24,25)(H,18,19,23)/t9-,11-,12-,15-/m1/s1. The number of hydrogen-bond acceptors (Lipinski definition) is 9. The van der Waals surface area contributed by atoms with Gasteiger partial charge in [0, 0.05) is 9.92 Å². The molecule has 3 aromatic rings. The number of aromatic amines is 1. The first-order valence-electron chi connectivity index (χ1n) is 8.71. The lowest BCUT2D eigenvalue weighted by Crippen LogP contribution is -2.39. The largest absolute Gasteiger partial charge is 0.472 e. The maximum Gasteiger partial charge on any atom is 0.472 e. The number of aliphatic hydroxyl groups is 1. The fourth-order valence-electron chi connectivity index (χ4n) is 3.36. The normalized spacial score (nSPS) is 31.2. The third-order valence-corrected chi connectivity index (χ3v) is 6.91. The first kappa shape index (κ1) is 20.2. The molecule has 5 rings (SSSR count). The second kappa shape index (κ2) is 7.43. The van der Waals surface area contributed by atoms with Crippen LogP contribution in [-0.2, 0) is 18.3 Å². The van der Waals surface area contributed by atoms with E-state index in [1.165, 1.54) is 22.7 Å². The quantitative estimate of drug-likeness (QED) is 0.481. The maximum absolute atomic E-state index is 12.3. The van der Waals surface area contributed by atoms with Crippen LogP contribution in [0.5, 0.6) is 0 Å². The highest BCUT2D eigenvalue weighted by Gasteiger charge is 2.53. The van der Waals surface area contributed by atoms with E-state index in [4.69, 9.17) is 25.4 Å². The van der Waals surface area contributed by atoms with Gasteiger partial charge in [0.15, 0.2) is 22.5 Å². The average molecular weight is 473 g/mol. The molecule has 2 aromatic heterocycles. The molecular weight excluding hydrogens is 459 g/mol. The van der Waals surface area contributed by atoms with Crippen molar-refractivity contribution in [2.75, 3.05) is 6.61 Å². The lowest BCUT2D eigenvalue weighted by atomic mass is 10.1. The van der Waals surface area contributed by atoms with Crippen LogP contribution in [0, 0.1) is 0 Å². The topological polar surface area (TPSA) is 149 Å². The van der Waals surface area contributed by atoms with Crippen LogP contribution in [0.2, 0.25) is 5.02 Å². The van der Waals surface area contributed by atoms with Crippen molar-refractivity contribution < 1.29 is 28.3 Å². The summed E-state index contributed by atoms with van der Waals surface area (Å²) in [5, 5.41) is 11.7. The van der Waals surface area contributed by atoms with Gasteiger partial charge >= 0.3 is 7.82 Å². The molecule has 11 nitrogen and oxygen atoms in total. The van der Waals surface area contributed by atoms with Crippen LogP contribution in [-0.4, -0.2) is 54.4 Å². The van der Waals surface area contributed by atoms with E-state index in [0.717, 1.165) is 4.90 Å². The Morgan fingerprint density at radius 1 is 1.33 bits per heavy atom. The summed E-state index contributed by atoms with van der Waals surface area (Å²) in [5.74, 6) is 0. The van der Waals surface area contributed by atoms with E-state index in [1.807, 2.05) is 0 Å². The second-order valence-corrected chi connectivity index (χ2v) is 9.50. The molecule has 0 bridgehead atoms. The van der Waals surface area contributed by atoms with Crippen molar-refractivity contribution in [2.45, 2.75) is 34.6 Å². The minimum absolute atomic E-state index is 0.0598. The van der Waals surface area contributed by atoms with Gasteiger partial charge in [0.05, 0.1) is 12.9 Å². The zero-order valence-electron chi connectivity index (χ0n) is 14.9. The highest BCUT2D eigenvalue weighted by molar-refractivity contribution is 7.99. The van der Waals surface area contributed by atoms with Crippen LogP contribution in [0.1, 0.15) is 6.23 Å². The molecule has 2 fully saturated rings. The molecule has 2 saturated heterocycles. The number of hydrogen-bond donors (Lipinski definition) is 3. The van der Waals surface area contributed by atoms with Gasteiger partial charge in [-0.2, -0.15) is 0 Å². The number of halogens is 1. The highest BCUT2D eigenvalue weighted by Crippen LogP contribution is 2.53. The van der Waals surface area contributed by atoms with Gasteiger partial charge in [-0.25, -0.2) is 14.5 Å². The summed E-state index contributed by atoms with van der Waals surface area (Å²) in [6.45, 7) is -0.230. The Kier molecular flexibility index (Phi) is 4.99. The maximum atomic E-state index is 12.3. The molecule has 0 aliphatic carbocycles. The van der Waals surface area contributed by atoms with E-state index in [0.29, 0.717) is 10.2 Å². The molecule has 158 valence electrons. The van der Waals surface area contributed by atoms with E-state index in [-0.39, 0.29) is 17.8 Å². The van der Waals surface area contributed by atoms with Gasteiger partial charge in [0.2, 0.25) is 0 Å². The van der Waals surface area contributed by atoms with Crippen molar-refractivity contribution in [3.63, 3.8) is 0 Å². The number of H-pyrrole nitrogens is 1. The van der Waals surface area contributed by atoms with Crippen molar-refractivity contribution >= 4 is 42.3 Å². The van der Waals surface area contributed by atoms with Gasteiger partial charge in [-0.15, -0.1) is 0 Å². The first-order valence-corrected chi connectivity index (χ1v) is 11.4. The lowest BCUT2D eigenvalue weighted by Gasteiger charge is -2.27. The number of rotatable bonds is 3. The number of nitrogens with zero attached hydrogens (tertiary/aromatic N) is 3. The van der Waals surface area contributed by atoms with Crippen LogP contribution in [0.15, 0.2) is 45.4 Å². The number of aromatic nitrogens is 4. The number of fused-ring (bicyclic) bond motifs is 2. The van der Waals surface area contributed by atoms with E-state index < -0.39 is 37.9 Å². The van der Waals surface area contributed by atoms with Gasteiger partial charge in [-0.1, -0.05) is 23.4 Å².